The first-order valence-electron chi connectivity index (χ1n) is 34.6. The highest BCUT2D eigenvalue weighted by Crippen LogP contribution is 2.20. The van der Waals surface area contributed by atoms with E-state index in [2.05, 4.69) is 41.5 Å². The average Bonchev–Trinajstić information content (AvgIpc) is 3.40. The van der Waals surface area contributed by atoms with Crippen LogP contribution in [-0.2, 0) is 28.6 Å². The second-order valence-electron chi connectivity index (χ2n) is 25.4. The molecule has 0 aromatic heterocycles. The number of hydrogen-bond donors (Lipinski definition) is 0. The lowest BCUT2D eigenvalue weighted by Crippen LogP contribution is -2.30. The summed E-state index contributed by atoms with van der Waals surface area (Å²) >= 11 is 0. The maximum absolute atomic E-state index is 12.9. The summed E-state index contributed by atoms with van der Waals surface area (Å²) in [7, 11) is 0. The summed E-state index contributed by atoms with van der Waals surface area (Å²) in [6, 6.07) is 0. The Bertz CT molecular complexity index is 1180. The van der Waals surface area contributed by atoms with Gasteiger partial charge in [0.25, 0.3) is 0 Å². The lowest BCUT2D eigenvalue weighted by atomic mass is 9.99. The van der Waals surface area contributed by atoms with Gasteiger partial charge in [0.2, 0.25) is 0 Å². The van der Waals surface area contributed by atoms with Crippen LogP contribution in [0.5, 0.6) is 0 Å². The predicted molar refractivity (Wildman–Crippen MR) is 330 cm³/mol. The lowest BCUT2D eigenvalue weighted by molar-refractivity contribution is -0.167. The minimum absolute atomic E-state index is 0.0621. The summed E-state index contributed by atoms with van der Waals surface area (Å²) < 4.78 is 17.0. The molecular formula is C70H136O6. The van der Waals surface area contributed by atoms with Gasteiger partial charge in [-0.3, -0.25) is 14.4 Å². The standard InChI is InChI=1S/C70H136O6/c1-7-66(6)58-52-46-40-34-28-21-17-13-9-11-15-19-23-30-36-42-48-54-60-69(72)75-63-67(76-70(73)61-55-49-43-37-31-25-24-27-33-39-45-51-57-65(4)5)62-74-68(71)59-53-47-41-35-29-22-18-14-10-8-12-16-20-26-32-38-44-50-56-64(2)3/h64-67H,7-63H2,1-6H3/t66?,67-/m1/s1. The van der Waals surface area contributed by atoms with Crippen molar-refractivity contribution in [2.24, 2.45) is 17.8 Å². The molecule has 0 aliphatic carbocycles. The van der Waals surface area contributed by atoms with Crippen LogP contribution in [0.15, 0.2) is 0 Å². The molecule has 0 amide bonds. The van der Waals surface area contributed by atoms with Crippen LogP contribution in [-0.4, -0.2) is 37.2 Å². The summed E-state index contributed by atoms with van der Waals surface area (Å²) in [6.07, 6.45) is 68.3. The van der Waals surface area contributed by atoms with E-state index in [1.165, 1.54) is 276 Å². The molecule has 2 atom stereocenters. The van der Waals surface area contributed by atoms with Crippen molar-refractivity contribution < 1.29 is 28.6 Å². The van der Waals surface area contributed by atoms with Gasteiger partial charge in [-0.25, -0.2) is 0 Å². The molecule has 76 heavy (non-hydrogen) atoms. The number of carbonyl (C=O) groups excluding carboxylic acids is 3. The SMILES string of the molecule is CCC(C)CCCCCCCCCCCCCCCCCCCCC(=O)OC[C@@H](COC(=O)CCCCCCCCCCCCCCCCCCCCC(C)C)OC(=O)CCCCCCCCCCCCCCC(C)C. The fraction of sp³-hybridized carbons (Fsp3) is 0.957. The Morgan fingerprint density at radius 1 is 0.263 bits per heavy atom. The zero-order valence-electron chi connectivity index (χ0n) is 52.6. The first-order valence-corrected chi connectivity index (χ1v) is 34.6. The van der Waals surface area contributed by atoms with Gasteiger partial charge in [0, 0.05) is 19.3 Å². The third kappa shape index (κ3) is 61.6. The molecule has 0 fully saturated rings. The summed E-state index contributed by atoms with van der Waals surface area (Å²) in [6.45, 7) is 13.9. The monoisotopic (exact) mass is 1070 g/mol. The molecule has 452 valence electrons. The van der Waals surface area contributed by atoms with Gasteiger partial charge in [-0.2, -0.15) is 0 Å². The second kappa shape index (κ2) is 61.0. The van der Waals surface area contributed by atoms with E-state index in [-0.39, 0.29) is 31.1 Å². The average molecular weight is 1070 g/mol. The third-order valence-corrected chi connectivity index (χ3v) is 16.5. The van der Waals surface area contributed by atoms with Crippen molar-refractivity contribution in [3.63, 3.8) is 0 Å². The van der Waals surface area contributed by atoms with Crippen molar-refractivity contribution in [2.45, 2.75) is 401 Å². The van der Waals surface area contributed by atoms with E-state index < -0.39 is 6.10 Å². The van der Waals surface area contributed by atoms with Crippen molar-refractivity contribution in [3.05, 3.63) is 0 Å². The molecule has 0 saturated carbocycles. The zero-order valence-corrected chi connectivity index (χ0v) is 52.6. The normalized spacial score (nSPS) is 12.5. The molecule has 6 nitrogen and oxygen atoms in total. The summed E-state index contributed by atoms with van der Waals surface area (Å²) in [5.74, 6) is 1.77. The first-order chi connectivity index (χ1) is 37.1. The fourth-order valence-electron chi connectivity index (χ4n) is 10.9. The van der Waals surface area contributed by atoms with Gasteiger partial charge in [-0.05, 0) is 37.0 Å². The second-order valence-corrected chi connectivity index (χ2v) is 25.4. The maximum Gasteiger partial charge on any atom is 0.306 e. The molecule has 0 aliphatic heterocycles. The highest BCUT2D eigenvalue weighted by molar-refractivity contribution is 5.71. The van der Waals surface area contributed by atoms with E-state index in [0.717, 1.165) is 75.5 Å². The number of esters is 3. The highest BCUT2D eigenvalue weighted by atomic mass is 16.6. The molecule has 0 aromatic rings. The number of hydrogen-bond acceptors (Lipinski definition) is 6. The lowest BCUT2D eigenvalue weighted by Gasteiger charge is -2.18. The summed E-state index contributed by atoms with van der Waals surface area (Å²) in [4.78, 5) is 38.4. The molecule has 6 heteroatoms. The number of ether oxygens (including phenoxy) is 3. The summed E-state index contributed by atoms with van der Waals surface area (Å²) in [5, 5.41) is 0. The van der Waals surface area contributed by atoms with E-state index in [9.17, 15) is 14.4 Å². The Labute approximate surface area is 476 Å². The van der Waals surface area contributed by atoms with Gasteiger partial charge in [-0.1, -0.05) is 356 Å². The van der Waals surface area contributed by atoms with Crippen LogP contribution in [0.2, 0.25) is 0 Å². The first kappa shape index (κ1) is 74.4. The smallest absolute Gasteiger partial charge is 0.306 e. The molecule has 0 rings (SSSR count). The fourth-order valence-corrected chi connectivity index (χ4v) is 10.9. The zero-order chi connectivity index (χ0) is 55.5. The van der Waals surface area contributed by atoms with Crippen LogP contribution in [0, 0.1) is 17.8 Å². The Morgan fingerprint density at radius 2 is 0.461 bits per heavy atom. The van der Waals surface area contributed by atoms with Crippen LogP contribution in [0.1, 0.15) is 395 Å². The Hall–Kier alpha value is -1.59. The largest absolute Gasteiger partial charge is 0.462 e. The molecular weight excluding hydrogens is 937 g/mol. The molecule has 0 heterocycles. The predicted octanol–water partition coefficient (Wildman–Crippen LogP) is 23.4. The minimum atomic E-state index is -0.765. The van der Waals surface area contributed by atoms with Crippen molar-refractivity contribution in [2.75, 3.05) is 13.2 Å². The maximum atomic E-state index is 12.9. The number of carbonyl (C=O) groups is 3. The molecule has 1 unspecified atom stereocenters. The Morgan fingerprint density at radius 3 is 0.684 bits per heavy atom. The van der Waals surface area contributed by atoms with Crippen molar-refractivity contribution >= 4 is 17.9 Å². The van der Waals surface area contributed by atoms with E-state index in [4.69, 9.17) is 14.2 Å². The van der Waals surface area contributed by atoms with E-state index in [0.29, 0.717) is 19.3 Å². The van der Waals surface area contributed by atoms with Crippen LogP contribution < -0.4 is 0 Å². The van der Waals surface area contributed by atoms with Crippen molar-refractivity contribution in [1.82, 2.24) is 0 Å². The van der Waals surface area contributed by atoms with Gasteiger partial charge in [0.05, 0.1) is 0 Å². The Kier molecular flexibility index (Phi) is 59.8. The van der Waals surface area contributed by atoms with Gasteiger partial charge in [0.1, 0.15) is 13.2 Å². The molecule has 0 spiro atoms. The third-order valence-electron chi connectivity index (χ3n) is 16.5. The molecule has 0 aliphatic rings. The van der Waals surface area contributed by atoms with Crippen molar-refractivity contribution in [3.8, 4) is 0 Å². The van der Waals surface area contributed by atoms with Crippen LogP contribution in [0.3, 0.4) is 0 Å². The Balaban J connectivity index is 4.24. The number of unbranched alkanes of at least 4 members (excludes halogenated alkanes) is 45. The quantitative estimate of drug-likeness (QED) is 0.0343. The molecule has 0 N–H and O–H groups in total. The van der Waals surface area contributed by atoms with Crippen LogP contribution >= 0.6 is 0 Å². The van der Waals surface area contributed by atoms with Gasteiger partial charge >= 0.3 is 17.9 Å². The van der Waals surface area contributed by atoms with Gasteiger partial charge in [-0.15, -0.1) is 0 Å². The van der Waals surface area contributed by atoms with E-state index >= 15 is 0 Å². The van der Waals surface area contributed by atoms with Crippen LogP contribution in [0.4, 0.5) is 0 Å². The summed E-state index contributed by atoms with van der Waals surface area (Å²) in [5.41, 5.74) is 0. The topological polar surface area (TPSA) is 78.9 Å². The molecule has 0 aromatic carbocycles. The van der Waals surface area contributed by atoms with Crippen LogP contribution in [0.25, 0.3) is 0 Å². The van der Waals surface area contributed by atoms with E-state index in [1.807, 2.05) is 0 Å². The van der Waals surface area contributed by atoms with Gasteiger partial charge in [0.15, 0.2) is 6.10 Å². The van der Waals surface area contributed by atoms with Gasteiger partial charge < -0.3 is 14.2 Å². The van der Waals surface area contributed by atoms with E-state index in [1.54, 1.807) is 0 Å². The molecule has 0 saturated heterocycles. The highest BCUT2D eigenvalue weighted by Gasteiger charge is 2.20. The number of rotatable bonds is 63. The minimum Gasteiger partial charge on any atom is -0.462 e. The van der Waals surface area contributed by atoms with Crippen molar-refractivity contribution in [1.29, 1.82) is 0 Å². The molecule has 0 radical (unpaired) electrons. The molecule has 0 bridgehead atoms.